The Balaban J connectivity index is 1.59. The van der Waals surface area contributed by atoms with Gasteiger partial charge in [-0.05, 0) is 51.0 Å². The first-order chi connectivity index (χ1) is 12.8. The second kappa shape index (κ2) is 7.79. The van der Waals surface area contributed by atoms with E-state index in [9.17, 15) is 18.0 Å². The van der Waals surface area contributed by atoms with Gasteiger partial charge in [0.25, 0.3) is 0 Å². The number of carbonyl (C=O) groups is 1. The van der Waals surface area contributed by atoms with Crippen LogP contribution in [0.5, 0.6) is 5.75 Å². The lowest BCUT2D eigenvalue weighted by atomic mass is 10.3. The summed E-state index contributed by atoms with van der Waals surface area (Å²) in [6, 6.07) is 5.01. The highest BCUT2D eigenvalue weighted by molar-refractivity contribution is 8.00. The number of hydrogen-bond donors (Lipinski definition) is 1. The molecular weight excluding hydrogens is 381 g/mol. The van der Waals surface area contributed by atoms with Gasteiger partial charge < -0.3 is 14.6 Å². The lowest BCUT2D eigenvalue weighted by Gasteiger charge is -2.13. The lowest BCUT2D eigenvalue weighted by Crippen LogP contribution is -2.23. The SMILES string of the molecule is CCn1c(S[C@H](C)C(=O)Nc2ccc(OC(F)(F)F)cc2)nnc1C1CC1. The molecule has 1 fully saturated rings. The monoisotopic (exact) mass is 400 g/mol. The summed E-state index contributed by atoms with van der Waals surface area (Å²) >= 11 is 1.30. The fourth-order valence-corrected chi connectivity index (χ4v) is 3.44. The van der Waals surface area contributed by atoms with Crippen molar-refractivity contribution < 1.29 is 22.7 Å². The largest absolute Gasteiger partial charge is 0.573 e. The highest BCUT2D eigenvalue weighted by Gasteiger charge is 2.31. The van der Waals surface area contributed by atoms with E-state index in [1.165, 1.54) is 23.9 Å². The van der Waals surface area contributed by atoms with Gasteiger partial charge in [-0.15, -0.1) is 23.4 Å². The summed E-state index contributed by atoms with van der Waals surface area (Å²) in [5.74, 6) is 0.816. The molecule has 1 aromatic carbocycles. The predicted octanol–water partition coefficient (Wildman–Crippen LogP) is 4.19. The minimum absolute atomic E-state index is 0.275. The standard InChI is InChI=1S/C17H19F3N4O2S/c1-3-24-14(11-4-5-11)22-23-16(24)27-10(2)15(25)21-12-6-8-13(9-7-12)26-17(18,19)20/h6-11H,3-5H2,1-2H3,(H,21,25)/t10-/m1/s1. The summed E-state index contributed by atoms with van der Waals surface area (Å²) < 4.78 is 42.4. The Kier molecular flexibility index (Phi) is 5.64. The van der Waals surface area contributed by atoms with E-state index in [0.29, 0.717) is 16.8 Å². The maximum Gasteiger partial charge on any atom is 0.573 e. The predicted molar refractivity (Wildman–Crippen MR) is 94.7 cm³/mol. The fraction of sp³-hybridized carbons (Fsp3) is 0.471. The number of hydrogen-bond acceptors (Lipinski definition) is 5. The maximum atomic E-state index is 12.4. The summed E-state index contributed by atoms with van der Waals surface area (Å²) in [7, 11) is 0. The Labute approximate surface area is 158 Å². The number of rotatable bonds is 7. The van der Waals surface area contributed by atoms with Gasteiger partial charge in [-0.25, -0.2) is 0 Å². The second-order valence-electron chi connectivity index (χ2n) is 6.18. The topological polar surface area (TPSA) is 69.0 Å². The Morgan fingerprint density at radius 3 is 2.56 bits per heavy atom. The summed E-state index contributed by atoms with van der Waals surface area (Å²) in [5.41, 5.74) is 0.387. The third-order valence-corrected chi connectivity index (χ3v) is 5.09. The van der Waals surface area contributed by atoms with Crippen molar-refractivity contribution in [3.05, 3.63) is 30.1 Å². The first kappa shape index (κ1) is 19.5. The van der Waals surface area contributed by atoms with Crippen molar-refractivity contribution in [2.75, 3.05) is 5.32 Å². The summed E-state index contributed by atoms with van der Waals surface area (Å²) in [6.07, 6.45) is -2.51. The molecule has 1 amide bonds. The zero-order valence-electron chi connectivity index (χ0n) is 14.8. The molecule has 146 valence electrons. The number of aromatic nitrogens is 3. The molecule has 1 N–H and O–H groups in total. The lowest BCUT2D eigenvalue weighted by molar-refractivity contribution is -0.274. The van der Waals surface area contributed by atoms with E-state index < -0.39 is 11.6 Å². The van der Waals surface area contributed by atoms with Crippen LogP contribution in [0.4, 0.5) is 18.9 Å². The molecule has 6 nitrogen and oxygen atoms in total. The van der Waals surface area contributed by atoms with Gasteiger partial charge >= 0.3 is 6.36 Å². The number of benzene rings is 1. The molecule has 27 heavy (non-hydrogen) atoms. The van der Waals surface area contributed by atoms with Crippen LogP contribution in [0, 0.1) is 0 Å². The number of nitrogens with one attached hydrogen (secondary N) is 1. The van der Waals surface area contributed by atoms with Crippen molar-refractivity contribution in [2.45, 2.75) is 55.9 Å². The third-order valence-electron chi connectivity index (χ3n) is 4.01. The van der Waals surface area contributed by atoms with Crippen molar-refractivity contribution in [3.8, 4) is 5.75 Å². The molecule has 2 aromatic rings. The van der Waals surface area contributed by atoms with E-state index in [1.54, 1.807) is 6.92 Å². The first-order valence-electron chi connectivity index (χ1n) is 8.53. The summed E-state index contributed by atoms with van der Waals surface area (Å²) in [6.45, 7) is 4.48. The molecule has 1 atom stereocenters. The minimum atomic E-state index is -4.75. The van der Waals surface area contributed by atoms with Gasteiger partial charge in [0.1, 0.15) is 11.6 Å². The quantitative estimate of drug-likeness (QED) is 0.706. The van der Waals surface area contributed by atoms with Crippen molar-refractivity contribution in [2.24, 2.45) is 0 Å². The number of amides is 1. The number of carbonyl (C=O) groups excluding carboxylic acids is 1. The van der Waals surface area contributed by atoms with Crippen LogP contribution < -0.4 is 10.1 Å². The molecule has 0 spiro atoms. The zero-order valence-corrected chi connectivity index (χ0v) is 15.6. The molecule has 1 heterocycles. The van der Waals surface area contributed by atoms with E-state index in [0.717, 1.165) is 37.3 Å². The van der Waals surface area contributed by atoms with Gasteiger partial charge in [0.15, 0.2) is 5.16 Å². The molecule has 1 aliphatic rings. The van der Waals surface area contributed by atoms with E-state index in [1.807, 2.05) is 11.5 Å². The van der Waals surface area contributed by atoms with Crippen molar-refractivity contribution >= 4 is 23.4 Å². The van der Waals surface area contributed by atoms with Crippen LogP contribution in [-0.2, 0) is 11.3 Å². The van der Waals surface area contributed by atoms with Crippen LogP contribution in [0.15, 0.2) is 29.4 Å². The molecule has 0 bridgehead atoms. The molecule has 1 saturated carbocycles. The smallest absolute Gasteiger partial charge is 0.406 e. The van der Waals surface area contributed by atoms with Crippen molar-refractivity contribution in [1.82, 2.24) is 14.8 Å². The summed E-state index contributed by atoms with van der Waals surface area (Å²) in [5, 5.41) is 11.4. The Bertz CT molecular complexity index is 804. The number of ether oxygens (including phenoxy) is 1. The number of thioether (sulfide) groups is 1. The van der Waals surface area contributed by atoms with Gasteiger partial charge in [0.05, 0.1) is 5.25 Å². The third kappa shape index (κ3) is 5.15. The average molecular weight is 400 g/mol. The molecule has 3 rings (SSSR count). The molecule has 1 aromatic heterocycles. The van der Waals surface area contributed by atoms with Gasteiger partial charge in [-0.1, -0.05) is 11.8 Å². The fourth-order valence-electron chi connectivity index (χ4n) is 2.52. The average Bonchev–Trinajstić information content (AvgIpc) is 3.36. The zero-order chi connectivity index (χ0) is 19.6. The van der Waals surface area contributed by atoms with E-state index >= 15 is 0 Å². The van der Waals surface area contributed by atoms with E-state index in [4.69, 9.17) is 0 Å². The van der Waals surface area contributed by atoms with Gasteiger partial charge in [-0.3, -0.25) is 4.79 Å². The highest BCUT2D eigenvalue weighted by Crippen LogP contribution is 2.40. The van der Waals surface area contributed by atoms with E-state index in [2.05, 4.69) is 20.3 Å². The van der Waals surface area contributed by atoms with Gasteiger partial charge in [-0.2, -0.15) is 0 Å². The number of alkyl halides is 3. The van der Waals surface area contributed by atoms with Crippen LogP contribution in [0.2, 0.25) is 0 Å². The second-order valence-corrected chi connectivity index (χ2v) is 7.49. The number of halogens is 3. The van der Waals surface area contributed by atoms with Gasteiger partial charge in [0.2, 0.25) is 5.91 Å². The minimum Gasteiger partial charge on any atom is -0.406 e. The van der Waals surface area contributed by atoms with E-state index in [-0.39, 0.29) is 11.7 Å². The molecule has 0 saturated heterocycles. The van der Waals surface area contributed by atoms with Crippen LogP contribution in [0.25, 0.3) is 0 Å². The molecule has 10 heteroatoms. The molecule has 0 unspecified atom stereocenters. The molecule has 0 aliphatic heterocycles. The number of anilines is 1. The maximum absolute atomic E-state index is 12.4. The molecule has 0 radical (unpaired) electrons. The molecule has 1 aliphatic carbocycles. The highest BCUT2D eigenvalue weighted by atomic mass is 32.2. The van der Waals surface area contributed by atoms with Crippen molar-refractivity contribution in [3.63, 3.8) is 0 Å². The first-order valence-corrected chi connectivity index (χ1v) is 9.41. The van der Waals surface area contributed by atoms with Crippen LogP contribution in [-0.4, -0.2) is 32.3 Å². The van der Waals surface area contributed by atoms with Crippen LogP contribution >= 0.6 is 11.8 Å². The molecular formula is C17H19F3N4O2S. The van der Waals surface area contributed by atoms with Crippen molar-refractivity contribution in [1.29, 1.82) is 0 Å². The summed E-state index contributed by atoms with van der Waals surface area (Å²) in [4.78, 5) is 12.4. The Morgan fingerprint density at radius 2 is 2.00 bits per heavy atom. The Morgan fingerprint density at radius 1 is 1.33 bits per heavy atom. The number of nitrogens with zero attached hydrogens (tertiary/aromatic N) is 3. The van der Waals surface area contributed by atoms with Crippen LogP contribution in [0.3, 0.4) is 0 Å². The normalized spacial score (nSPS) is 15.4. The Hall–Kier alpha value is -2.23. The van der Waals surface area contributed by atoms with Crippen LogP contribution in [0.1, 0.15) is 38.4 Å². The van der Waals surface area contributed by atoms with Gasteiger partial charge in [0, 0.05) is 18.2 Å².